The number of aryl methyl sites for hydroxylation is 1. The minimum atomic E-state index is -0.661. The van der Waals surface area contributed by atoms with E-state index in [4.69, 9.17) is 0 Å². The van der Waals surface area contributed by atoms with Gasteiger partial charge in [-0.05, 0) is 25.2 Å². The fourth-order valence-electron chi connectivity index (χ4n) is 3.63. The number of fused-ring (bicyclic) bond motifs is 1. The van der Waals surface area contributed by atoms with Gasteiger partial charge in [-0.3, -0.25) is 9.59 Å². The zero-order valence-electron chi connectivity index (χ0n) is 13.8. The predicted molar refractivity (Wildman–Crippen MR) is 88.7 cm³/mol. The Hall–Kier alpha value is -0.960. The Labute approximate surface area is 131 Å². The lowest BCUT2D eigenvalue weighted by Crippen LogP contribution is -2.30. The van der Waals surface area contributed by atoms with E-state index in [1.54, 1.807) is 11.3 Å². The van der Waals surface area contributed by atoms with Crippen LogP contribution in [-0.4, -0.2) is 11.6 Å². The number of thiophene rings is 1. The molecule has 1 aromatic heterocycles. The van der Waals surface area contributed by atoms with Crippen LogP contribution in [0.4, 0.5) is 0 Å². The largest absolute Gasteiger partial charge is 0.293 e. The van der Waals surface area contributed by atoms with E-state index in [1.807, 2.05) is 13.8 Å². The van der Waals surface area contributed by atoms with Gasteiger partial charge in [0.1, 0.15) is 0 Å². The van der Waals surface area contributed by atoms with Gasteiger partial charge in [0, 0.05) is 20.9 Å². The third-order valence-corrected chi connectivity index (χ3v) is 6.27. The van der Waals surface area contributed by atoms with Crippen LogP contribution in [0.15, 0.2) is 0 Å². The molecule has 0 N–H and O–H groups in total. The molecular formula is C18H26O2S. The minimum Gasteiger partial charge on any atom is -0.293 e. The maximum atomic E-state index is 12.9. The SMILES string of the molecule is CC.CCc1sc(C(C)C)c2c1C(=O)C1(CCCC1)C2=O. The second-order valence-corrected chi connectivity index (χ2v) is 7.23. The van der Waals surface area contributed by atoms with Crippen molar-refractivity contribution in [3.05, 3.63) is 20.9 Å². The summed E-state index contributed by atoms with van der Waals surface area (Å²) in [7, 11) is 0. The van der Waals surface area contributed by atoms with E-state index in [9.17, 15) is 9.59 Å². The van der Waals surface area contributed by atoms with Crippen molar-refractivity contribution in [2.45, 2.75) is 72.6 Å². The van der Waals surface area contributed by atoms with Crippen molar-refractivity contribution in [1.29, 1.82) is 0 Å². The van der Waals surface area contributed by atoms with Crippen molar-refractivity contribution >= 4 is 22.9 Å². The van der Waals surface area contributed by atoms with Crippen molar-refractivity contribution < 1.29 is 9.59 Å². The van der Waals surface area contributed by atoms with Crippen molar-refractivity contribution in [2.75, 3.05) is 0 Å². The van der Waals surface area contributed by atoms with Crippen molar-refractivity contribution in [3.8, 4) is 0 Å². The van der Waals surface area contributed by atoms with E-state index >= 15 is 0 Å². The van der Waals surface area contributed by atoms with Gasteiger partial charge in [0.05, 0.1) is 5.41 Å². The van der Waals surface area contributed by atoms with Gasteiger partial charge >= 0.3 is 0 Å². The second kappa shape index (κ2) is 6.04. The highest BCUT2D eigenvalue weighted by molar-refractivity contribution is 7.13. The molecule has 2 aliphatic carbocycles. The van der Waals surface area contributed by atoms with Crippen LogP contribution in [0, 0.1) is 5.41 Å². The zero-order chi connectivity index (χ0) is 15.8. The van der Waals surface area contributed by atoms with Crippen molar-refractivity contribution in [3.63, 3.8) is 0 Å². The Balaban J connectivity index is 0.000000774. The number of hydrogen-bond acceptors (Lipinski definition) is 3. The fourth-order valence-corrected chi connectivity index (χ4v) is 4.87. The number of carbonyl (C=O) groups excluding carboxylic acids is 2. The van der Waals surface area contributed by atoms with Gasteiger partial charge < -0.3 is 0 Å². The van der Waals surface area contributed by atoms with Gasteiger partial charge in [-0.15, -0.1) is 11.3 Å². The smallest absolute Gasteiger partial charge is 0.178 e. The highest BCUT2D eigenvalue weighted by atomic mass is 32.1. The highest BCUT2D eigenvalue weighted by Crippen LogP contribution is 2.53. The third-order valence-electron chi connectivity index (χ3n) is 4.63. The molecule has 116 valence electrons. The van der Waals surface area contributed by atoms with Crippen molar-refractivity contribution in [1.82, 2.24) is 0 Å². The summed E-state index contributed by atoms with van der Waals surface area (Å²) in [4.78, 5) is 28.0. The van der Waals surface area contributed by atoms with Crippen LogP contribution < -0.4 is 0 Å². The molecule has 1 spiro atoms. The molecule has 0 unspecified atom stereocenters. The summed E-state index contributed by atoms with van der Waals surface area (Å²) < 4.78 is 0. The molecule has 3 rings (SSSR count). The summed E-state index contributed by atoms with van der Waals surface area (Å²) in [5.74, 6) is 0.613. The van der Waals surface area contributed by atoms with E-state index in [-0.39, 0.29) is 11.6 Å². The van der Waals surface area contributed by atoms with E-state index in [0.717, 1.165) is 53.0 Å². The lowest BCUT2D eigenvalue weighted by atomic mass is 9.81. The molecule has 3 heteroatoms. The highest BCUT2D eigenvalue weighted by Gasteiger charge is 2.56. The summed E-state index contributed by atoms with van der Waals surface area (Å²) in [6.07, 6.45) is 4.43. The Morgan fingerprint density at radius 3 is 2.05 bits per heavy atom. The molecule has 0 radical (unpaired) electrons. The Morgan fingerprint density at radius 2 is 1.57 bits per heavy atom. The topological polar surface area (TPSA) is 34.1 Å². The van der Waals surface area contributed by atoms with Crippen LogP contribution in [-0.2, 0) is 6.42 Å². The lowest BCUT2D eigenvalue weighted by Gasteiger charge is -2.19. The van der Waals surface area contributed by atoms with Crippen LogP contribution in [0.1, 0.15) is 96.7 Å². The first kappa shape index (κ1) is 16.4. The summed E-state index contributed by atoms with van der Waals surface area (Å²) in [5, 5.41) is 0. The quantitative estimate of drug-likeness (QED) is 0.686. The molecule has 1 saturated carbocycles. The Morgan fingerprint density at radius 1 is 1.05 bits per heavy atom. The Bertz CT molecular complexity index is 560. The average molecular weight is 306 g/mol. The van der Waals surface area contributed by atoms with Gasteiger partial charge in [-0.25, -0.2) is 0 Å². The molecule has 0 saturated heterocycles. The molecular weight excluding hydrogens is 280 g/mol. The molecule has 2 nitrogen and oxygen atoms in total. The molecule has 1 aromatic rings. The first-order valence-corrected chi connectivity index (χ1v) is 9.09. The fraction of sp³-hybridized carbons (Fsp3) is 0.667. The summed E-state index contributed by atoms with van der Waals surface area (Å²) in [5.41, 5.74) is 0.929. The molecule has 0 amide bonds. The predicted octanol–water partition coefficient (Wildman–Crippen LogP) is 5.40. The molecule has 0 aromatic carbocycles. The van der Waals surface area contributed by atoms with Gasteiger partial charge in [0.15, 0.2) is 11.6 Å². The van der Waals surface area contributed by atoms with Gasteiger partial charge in [-0.1, -0.05) is 47.5 Å². The number of rotatable bonds is 2. The van der Waals surface area contributed by atoms with Crippen LogP contribution in [0.3, 0.4) is 0 Å². The zero-order valence-corrected chi connectivity index (χ0v) is 14.7. The van der Waals surface area contributed by atoms with E-state index in [0.29, 0.717) is 5.92 Å². The first-order chi connectivity index (χ1) is 10.0. The molecule has 0 atom stereocenters. The number of Topliss-reactive ketones (excluding diaryl/α,β-unsaturated/α-hetero) is 2. The van der Waals surface area contributed by atoms with Crippen LogP contribution in [0.5, 0.6) is 0 Å². The molecule has 1 fully saturated rings. The molecule has 0 aliphatic heterocycles. The normalized spacial score (nSPS) is 19.1. The summed E-state index contributed by atoms with van der Waals surface area (Å²) in [6, 6.07) is 0. The van der Waals surface area contributed by atoms with Gasteiger partial charge in [0.2, 0.25) is 0 Å². The van der Waals surface area contributed by atoms with E-state index in [1.165, 1.54) is 0 Å². The van der Waals surface area contributed by atoms with Gasteiger partial charge in [0.25, 0.3) is 0 Å². The molecule has 21 heavy (non-hydrogen) atoms. The average Bonchev–Trinajstić information content (AvgIpc) is 3.16. The number of hydrogen-bond donors (Lipinski definition) is 0. The maximum absolute atomic E-state index is 12.9. The van der Waals surface area contributed by atoms with Crippen molar-refractivity contribution in [2.24, 2.45) is 5.41 Å². The molecule has 2 aliphatic rings. The standard InChI is InChI=1S/C16H20O2S.C2H6/c1-4-10-11-12(13(19-10)9(2)3)15(18)16(14(11)17)7-5-6-8-16;1-2/h9H,4-8H2,1-3H3;1-2H3. The minimum absolute atomic E-state index is 0.143. The maximum Gasteiger partial charge on any atom is 0.178 e. The number of carbonyl (C=O) groups is 2. The lowest BCUT2D eigenvalue weighted by molar-refractivity contribution is 0.0705. The summed E-state index contributed by atoms with van der Waals surface area (Å²) in [6.45, 7) is 10.3. The van der Waals surface area contributed by atoms with Crippen LogP contribution >= 0.6 is 11.3 Å². The van der Waals surface area contributed by atoms with E-state index in [2.05, 4.69) is 20.8 Å². The molecule has 1 heterocycles. The summed E-state index contributed by atoms with van der Waals surface area (Å²) >= 11 is 1.68. The number of ketones is 2. The Kier molecular flexibility index (Phi) is 4.72. The third kappa shape index (κ3) is 2.21. The van der Waals surface area contributed by atoms with E-state index < -0.39 is 5.41 Å². The molecule has 0 bridgehead atoms. The van der Waals surface area contributed by atoms with Crippen LogP contribution in [0.2, 0.25) is 0 Å². The second-order valence-electron chi connectivity index (χ2n) is 6.10. The first-order valence-electron chi connectivity index (χ1n) is 8.28. The monoisotopic (exact) mass is 306 g/mol. The van der Waals surface area contributed by atoms with Gasteiger partial charge in [-0.2, -0.15) is 0 Å². The van der Waals surface area contributed by atoms with Crippen LogP contribution in [0.25, 0.3) is 0 Å².